The number of carbonyl (C=O) groups is 2. The summed E-state index contributed by atoms with van der Waals surface area (Å²) in [4.78, 5) is 27.2. The molecule has 0 unspecified atom stereocenters. The van der Waals surface area contributed by atoms with E-state index in [4.69, 9.17) is 11.6 Å². The first-order chi connectivity index (χ1) is 10.6. The largest absolute Gasteiger partial charge is 0.387 e. The molecule has 114 valence electrons. The van der Waals surface area contributed by atoms with Gasteiger partial charge in [0.1, 0.15) is 5.82 Å². The lowest BCUT2D eigenvalue weighted by molar-refractivity contribution is -0.136. The Morgan fingerprint density at radius 2 is 1.86 bits per heavy atom. The number of rotatable bonds is 4. The lowest BCUT2D eigenvalue weighted by Gasteiger charge is -2.12. The number of aliphatic hydroxyl groups is 1. The molecule has 0 saturated carbocycles. The number of aliphatic hydroxyl groups excluding tert-OH is 1. The molecule has 0 bridgehead atoms. The van der Waals surface area contributed by atoms with Crippen LogP contribution in [0.25, 0.3) is 0 Å². The predicted octanol–water partition coefficient (Wildman–Crippen LogP) is 1.52. The molecule has 0 spiro atoms. The fourth-order valence-corrected chi connectivity index (χ4v) is 1.80. The quantitative estimate of drug-likeness (QED) is 0.745. The Bertz CT molecular complexity index is 647. The minimum Gasteiger partial charge on any atom is -0.387 e. The lowest BCUT2D eigenvalue weighted by atomic mass is 10.1. The Balaban J connectivity index is 1.84. The van der Waals surface area contributed by atoms with Gasteiger partial charge in [-0.1, -0.05) is 41.9 Å². The van der Waals surface area contributed by atoms with E-state index in [0.717, 1.165) is 0 Å². The lowest BCUT2D eigenvalue weighted by Crippen LogP contribution is -2.37. The molecule has 6 nitrogen and oxygen atoms in total. The van der Waals surface area contributed by atoms with E-state index < -0.39 is 17.9 Å². The van der Waals surface area contributed by atoms with Crippen LogP contribution in [0.3, 0.4) is 0 Å². The second kappa shape index (κ2) is 7.53. The monoisotopic (exact) mass is 319 g/mol. The molecule has 0 aliphatic carbocycles. The number of anilines is 1. The Labute approximate surface area is 132 Å². The summed E-state index contributed by atoms with van der Waals surface area (Å²) in [6.07, 6.45) is 0.473. The van der Waals surface area contributed by atoms with Crippen LogP contribution >= 0.6 is 11.6 Å². The van der Waals surface area contributed by atoms with Crippen molar-refractivity contribution < 1.29 is 14.7 Å². The Morgan fingerprint density at radius 3 is 2.50 bits per heavy atom. The summed E-state index contributed by atoms with van der Waals surface area (Å²) in [5, 5.41) is 15.0. The van der Waals surface area contributed by atoms with Crippen LogP contribution in [0, 0.1) is 0 Å². The molecule has 2 aromatic rings. The van der Waals surface area contributed by atoms with Crippen molar-refractivity contribution in [3.8, 4) is 0 Å². The van der Waals surface area contributed by atoms with Gasteiger partial charge in [0.2, 0.25) is 0 Å². The number of hydrogen-bond acceptors (Lipinski definition) is 4. The second-order valence-corrected chi connectivity index (χ2v) is 4.89. The van der Waals surface area contributed by atoms with Crippen molar-refractivity contribution >= 4 is 29.2 Å². The predicted molar refractivity (Wildman–Crippen MR) is 82.3 cm³/mol. The highest BCUT2D eigenvalue weighted by Gasteiger charge is 2.16. The Morgan fingerprint density at radius 1 is 1.14 bits per heavy atom. The van der Waals surface area contributed by atoms with Crippen LogP contribution in [0.1, 0.15) is 11.7 Å². The fourth-order valence-electron chi connectivity index (χ4n) is 1.69. The van der Waals surface area contributed by atoms with Gasteiger partial charge in [0.15, 0.2) is 0 Å². The van der Waals surface area contributed by atoms with Crippen LogP contribution in [0.4, 0.5) is 5.82 Å². The molecule has 1 atom stereocenters. The molecular formula is C15H14ClN3O3. The third-order valence-electron chi connectivity index (χ3n) is 2.82. The molecule has 7 heteroatoms. The minimum absolute atomic E-state index is 0.0652. The van der Waals surface area contributed by atoms with Gasteiger partial charge in [-0.25, -0.2) is 4.98 Å². The highest BCUT2D eigenvalue weighted by molar-refractivity contribution is 6.39. The van der Waals surface area contributed by atoms with Crippen LogP contribution in [0.2, 0.25) is 5.02 Å². The zero-order valence-electron chi connectivity index (χ0n) is 11.5. The normalized spacial score (nSPS) is 11.5. The van der Waals surface area contributed by atoms with E-state index >= 15 is 0 Å². The topological polar surface area (TPSA) is 91.3 Å². The third kappa shape index (κ3) is 4.54. The number of benzene rings is 1. The maximum atomic E-state index is 11.7. The van der Waals surface area contributed by atoms with E-state index in [1.165, 1.54) is 12.3 Å². The minimum atomic E-state index is -0.883. The van der Waals surface area contributed by atoms with Gasteiger partial charge in [0.25, 0.3) is 0 Å². The summed E-state index contributed by atoms with van der Waals surface area (Å²) in [5.74, 6) is -1.50. The van der Waals surface area contributed by atoms with Gasteiger partial charge in [-0.05, 0) is 17.7 Å². The molecule has 0 saturated heterocycles. The van der Waals surface area contributed by atoms with Gasteiger partial charge in [0.05, 0.1) is 11.1 Å². The van der Waals surface area contributed by atoms with Gasteiger partial charge < -0.3 is 15.7 Å². The number of nitrogens with zero attached hydrogens (tertiary/aromatic N) is 1. The van der Waals surface area contributed by atoms with Crippen LogP contribution in [0.5, 0.6) is 0 Å². The molecule has 2 rings (SSSR count). The van der Waals surface area contributed by atoms with E-state index in [1.54, 1.807) is 30.3 Å². The molecular weight excluding hydrogens is 306 g/mol. The average molecular weight is 320 g/mol. The van der Waals surface area contributed by atoms with Crippen molar-refractivity contribution in [2.75, 3.05) is 11.9 Å². The molecule has 0 aliphatic heterocycles. The van der Waals surface area contributed by atoms with Crippen LogP contribution < -0.4 is 10.6 Å². The summed E-state index contributed by atoms with van der Waals surface area (Å²) < 4.78 is 0. The number of carbonyl (C=O) groups excluding carboxylic acids is 2. The van der Waals surface area contributed by atoms with Gasteiger partial charge in [-0.2, -0.15) is 0 Å². The Hall–Kier alpha value is -2.44. The number of hydrogen-bond donors (Lipinski definition) is 3. The zero-order valence-corrected chi connectivity index (χ0v) is 12.2. The molecule has 22 heavy (non-hydrogen) atoms. The second-order valence-electron chi connectivity index (χ2n) is 4.45. The van der Waals surface area contributed by atoms with Gasteiger partial charge in [0, 0.05) is 12.7 Å². The van der Waals surface area contributed by atoms with Gasteiger partial charge in [-0.15, -0.1) is 0 Å². The highest BCUT2D eigenvalue weighted by atomic mass is 35.5. The molecule has 1 aromatic carbocycles. The standard InChI is InChI=1S/C15H14ClN3O3/c16-11-6-7-13(17-8-11)19-15(22)14(21)18-9-12(20)10-4-2-1-3-5-10/h1-8,12,20H,9H2,(H,18,21)(H,17,19,22)/t12-/m1/s1. The summed E-state index contributed by atoms with van der Waals surface area (Å²) >= 11 is 5.67. The molecule has 0 fully saturated rings. The summed E-state index contributed by atoms with van der Waals surface area (Å²) in [5.41, 5.74) is 0.655. The molecule has 1 aromatic heterocycles. The summed E-state index contributed by atoms with van der Waals surface area (Å²) in [7, 11) is 0. The first kappa shape index (κ1) is 15.9. The SMILES string of the molecule is O=C(NC[C@@H](O)c1ccccc1)C(=O)Nc1ccc(Cl)cn1. The van der Waals surface area contributed by atoms with Crippen molar-refractivity contribution in [1.29, 1.82) is 0 Å². The maximum absolute atomic E-state index is 11.7. The van der Waals surface area contributed by atoms with E-state index in [-0.39, 0.29) is 12.4 Å². The first-order valence-electron chi connectivity index (χ1n) is 6.50. The molecule has 1 heterocycles. The molecule has 3 N–H and O–H groups in total. The Kier molecular flexibility index (Phi) is 5.46. The number of pyridine rings is 1. The average Bonchev–Trinajstić information content (AvgIpc) is 2.55. The molecule has 0 aliphatic rings. The first-order valence-corrected chi connectivity index (χ1v) is 6.88. The van der Waals surface area contributed by atoms with E-state index in [0.29, 0.717) is 10.6 Å². The van der Waals surface area contributed by atoms with Crippen molar-refractivity contribution in [1.82, 2.24) is 10.3 Å². The van der Waals surface area contributed by atoms with Crippen LogP contribution in [-0.4, -0.2) is 28.4 Å². The van der Waals surface area contributed by atoms with E-state index in [9.17, 15) is 14.7 Å². The van der Waals surface area contributed by atoms with Crippen molar-refractivity contribution in [3.63, 3.8) is 0 Å². The number of aromatic nitrogens is 1. The van der Waals surface area contributed by atoms with Crippen molar-refractivity contribution in [2.24, 2.45) is 0 Å². The van der Waals surface area contributed by atoms with Crippen molar-refractivity contribution in [2.45, 2.75) is 6.10 Å². The molecule has 0 radical (unpaired) electrons. The number of halogens is 1. The number of amides is 2. The smallest absolute Gasteiger partial charge is 0.314 e. The summed E-state index contributed by atoms with van der Waals surface area (Å²) in [6, 6.07) is 11.9. The van der Waals surface area contributed by atoms with E-state index in [1.807, 2.05) is 6.07 Å². The van der Waals surface area contributed by atoms with E-state index in [2.05, 4.69) is 15.6 Å². The zero-order chi connectivity index (χ0) is 15.9. The molecule has 2 amide bonds. The van der Waals surface area contributed by atoms with Gasteiger partial charge in [-0.3, -0.25) is 9.59 Å². The van der Waals surface area contributed by atoms with Crippen molar-refractivity contribution in [3.05, 3.63) is 59.2 Å². The van der Waals surface area contributed by atoms with Crippen LogP contribution in [0.15, 0.2) is 48.7 Å². The summed E-state index contributed by atoms with van der Waals surface area (Å²) in [6.45, 7) is -0.0652. The fraction of sp³-hybridized carbons (Fsp3) is 0.133. The van der Waals surface area contributed by atoms with Gasteiger partial charge >= 0.3 is 11.8 Å². The highest BCUT2D eigenvalue weighted by Crippen LogP contribution is 2.11. The maximum Gasteiger partial charge on any atom is 0.314 e. The van der Waals surface area contributed by atoms with Crippen LogP contribution in [-0.2, 0) is 9.59 Å². The number of nitrogens with one attached hydrogen (secondary N) is 2. The third-order valence-corrected chi connectivity index (χ3v) is 3.04.